The first-order valence-corrected chi connectivity index (χ1v) is 8.71. The van der Waals surface area contributed by atoms with Gasteiger partial charge in [-0.2, -0.15) is 0 Å². The van der Waals surface area contributed by atoms with Gasteiger partial charge in [-0.3, -0.25) is 4.79 Å². The highest BCUT2D eigenvalue weighted by Crippen LogP contribution is 2.42. The standard InChI is InChI=1S/C18H34O2/c1-5-13(4)8-16(12-18(19)20)17-10-14(6-2)9-15(7-3)11-17/h13-17H,5-12H2,1-4H3,(H,19,20). The van der Waals surface area contributed by atoms with Crippen LogP contribution in [0.25, 0.3) is 0 Å². The summed E-state index contributed by atoms with van der Waals surface area (Å²) < 4.78 is 0. The van der Waals surface area contributed by atoms with Crippen LogP contribution >= 0.6 is 0 Å². The molecule has 0 aromatic heterocycles. The Morgan fingerprint density at radius 1 is 1.10 bits per heavy atom. The van der Waals surface area contributed by atoms with Gasteiger partial charge in [-0.1, -0.05) is 47.0 Å². The molecular weight excluding hydrogens is 248 g/mol. The van der Waals surface area contributed by atoms with Crippen LogP contribution < -0.4 is 0 Å². The molecule has 0 aromatic rings. The van der Waals surface area contributed by atoms with Crippen molar-refractivity contribution in [2.24, 2.45) is 29.6 Å². The van der Waals surface area contributed by atoms with Crippen LogP contribution in [-0.4, -0.2) is 11.1 Å². The number of carboxylic acid groups (broad SMARTS) is 1. The molecule has 1 saturated carbocycles. The number of hydrogen-bond donors (Lipinski definition) is 1. The molecule has 118 valence electrons. The molecule has 0 heterocycles. The van der Waals surface area contributed by atoms with Gasteiger partial charge in [0, 0.05) is 6.42 Å². The van der Waals surface area contributed by atoms with Gasteiger partial charge in [0.2, 0.25) is 0 Å². The second-order valence-corrected chi connectivity index (χ2v) is 7.12. The molecule has 1 N–H and O–H groups in total. The van der Waals surface area contributed by atoms with Gasteiger partial charge in [0.25, 0.3) is 0 Å². The third-order valence-electron chi connectivity index (χ3n) is 5.60. The third kappa shape index (κ3) is 5.46. The van der Waals surface area contributed by atoms with E-state index < -0.39 is 5.97 Å². The van der Waals surface area contributed by atoms with Crippen molar-refractivity contribution < 1.29 is 9.90 Å². The van der Waals surface area contributed by atoms with E-state index >= 15 is 0 Å². The monoisotopic (exact) mass is 282 g/mol. The van der Waals surface area contributed by atoms with E-state index in [1.54, 1.807) is 0 Å². The molecule has 0 aromatic carbocycles. The lowest BCUT2D eigenvalue weighted by Crippen LogP contribution is -2.30. The van der Waals surface area contributed by atoms with Crippen LogP contribution in [0.4, 0.5) is 0 Å². The number of hydrogen-bond acceptors (Lipinski definition) is 1. The summed E-state index contributed by atoms with van der Waals surface area (Å²) in [7, 11) is 0. The summed E-state index contributed by atoms with van der Waals surface area (Å²) in [6, 6.07) is 0. The molecule has 0 spiro atoms. The number of rotatable bonds is 8. The molecular formula is C18H34O2. The van der Waals surface area contributed by atoms with Crippen LogP contribution in [0.5, 0.6) is 0 Å². The van der Waals surface area contributed by atoms with E-state index in [1.807, 2.05) is 0 Å². The Kier molecular flexibility index (Phi) is 7.61. The predicted molar refractivity (Wildman–Crippen MR) is 84.7 cm³/mol. The van der Waals surface area contributed by atoms with Gasteiger partial charge in [-0.05, 0) is 55.3 Å². The van der Waals surface area contributed by atoms with Crippen molar-refractivity contribution in [2.45, 2.75) is 79.1 Å². The van der Waals surface area contributed by atoms with Crippen LogP contribution in [0, 0.1) is 29.6 Å². The van der Waals surface area contributed by atoms with Crippen LogP contribution in [-0.2, 0) is 4.79 Å². The van der Waals surface area contributed by atoms with Gasteiger partial charge in [-0.25, -0.2) is 0 Å². The summed E-state index contributed by atoms with van der Waals surface area (Å²) in [4.78, 5) is 11.2. The van der Waals surface area contributed by atoms with Crippen molar-refractivity contribution in [1.82, 2.24) is 0 Å². The fourth-order valence-corrected chi connectivity index (χ4v) is 4.02. The maximum atomic E-state index is 11.2. The minimum absolute atomic E-state index is 0.377. The van der Waals surface area contributed by atoms with E-state index in [2.05, 4.69) is 27.7 Å². The largest absolute Gasteiger partial charge is 0.481 e. The molecule has 0 radical (unpaired) electrons. The minimum Gasteiger partial charge on any atom is -0.481 e. The van der Waals surface area contributed by atoms with E-state index in [0.717, 1.165) is 24.7 Å². The van der Waals surface area contributed by atoms with Crippen LogP contribution in [0.3, 0.4) is 0 Å². The van der Waals surface area contributed by atoms with Gasteiger partial charge in [0.05, 0.1) is 0 Å². The normalized spacial score (nSPS) is 29.9. The van der Waals surface area contributed by atoms with Gasteiger partial charge in [0.1, 0.15) is 0 Å². The van der Waals surface area contributed by atoms with Gasteiger partial charge < -0.3 is 5.11 Å². The topological polar surface area (TPSA) is 37.3 Å². The molecule has 4 unspecified atom stereocenters. The lowest BCUT2D eigenvalue weighted by atomic mass is 9.67. The van der Waals surface area contributed by atoms with E-state index in [4.69, 9.17) is 0 Å². The average molecular weight is 282 g/mol. The van der Waals surface area contributed by atoms with Gasteiger partial charge >= 0.3 is 5.97 Å². The summed E-state index contributed by atoms with van der Waals surface area (Å²) in [5.74, 6) is 2.74. The molecule has 1 aliphatic rings. The average Bonchev–Trinajstić information content (AvgIpc) is 2.45. The van der Waals surface area contributed by atoms with Crippen molar-refractivity contribution in [2.75, 3.05) is 0 Å². The summed E-state index contributed by atoms with van der Waals surface area (Å²) >= 11 is 0. The lowest BCUT2D eigenvalue weighted by molar-refractivity contribution is -0.139. The number of carbonyl (C=O) groups is 1. The zero-order valence-corrected chi connectivity index (χ0v) is 13.9. The number of carboxylic acids is 1. The Labute approximate surface area is 125 Å². The van der Waals surface area contributed by atoms with Crippen molar-refractivity contribution in [3.05, 3.63) is 0 Å². The van der Waals surface area contributed by atoms with Gasteiger partial charge in [0.15, 0.2) is 0 Å². The maximum absolute atomic E-state index is 11.2. The Balaban J connectivity index is 2.73. The molecule has 0 bridgehead atoms. The van der Waals surface area contributed by atoms with Crippen molar-refractivity contribution in [3.63, 3.8) is 0 Å². The highest BCUT2D eigenvalue weighted by atomic mass is 16.4. The highest BCUT2D eigenvalue weighted by Gasteiger charge is 2.33. The van der Waals surface area contributed by atoms with E-state index in [9.17, 15) is 9.90 Å². The lowest BCUT2D eigenvalue weighted by Gasteiger charge is -2.39. The summed E-state index contributed by atoms with van der Waals surface area (Å²) in [5.41, 5.74) is 0. The quantitative estimate of drug-likeness (QED) is 0.650. The fourth-order valence-electron chi connectivity index (χ4n) is 4.02. The zero-order valence-electron chi connectivity index (χ0n) is 13.9. The van der Waals surface area contributed by atoms with Crippen molar-refractivity contribution >= 4 is 5.97 Å². The first-order chi connectivity index (χ1) is 9.49. The van der Waals surface area contributed by atoms with Crippen LogP contribution in [0.2, 0.25) is 0 Å². The van der Waals surface area contributed by atoms with Crippen molar-refractivity contribution in [1.29, 1.82) is 0 Å². The van der Waals surface area contributed by atoms with E-state index in [-0.39, 0.29) is 0 Å². The molecule has 2 heteroatoms. The summed E-state index contributed by atoms with van der Waals surface area (Å²) in [5, 5.41) is 9.25. The molecule has 1 aliphatic carbocycles. The molecule has 2 nitrogen and oxygen atoms in total. The molecule has 0 amide bonds. The Morgan fingerprint density at radius 3 is 2.05 bits per heavy atom. The SMILES string of the molecule is CCC(C)CC(CC(=O)O)C1CC(CC)CC(CC)C1. The minimum atomic E-state index is -0.607. The van der Waals surface area contributed by atoms with Crippen LogP contribution in [0.15, 0.2) is 0 Å². The molecule has 4 atom stereocenters. The second kappa shape index (κ2) is 8.69. The highest BCUT2D eigenvalue weighted by molar-refractivity contribution is 5.67. The molecule has 1 rings (SSSR count). The molecule has 0 saturated heterocycles. The third-order valence-corrected chi connectivity index (χ3v) is 5.60. The van der Waals surface area contributed by atoms with E-state index in [0.29, 0.717) is 24.2 Å². The molecule has 1 fully saturated rings. The Morgan fingerprint density at radius 2 is 1.65 bits per heavy atom. The summed E-state index contributed by atoms with van der Waals surface area (Å²) in [6.07, 6.45) is 9.06. The van der Waals surface area contributed by atoms with Crippen molar-refractivity contribution in [3.8, 4) is 0 Å². The Bertz CT molecular complexity index is 275. The first kappa shape index (κ1) is 17.5. The second-order valence-electron chi connectivity index (χ2n) is 7.12. The smallest absolute Gasteiger partial charge is 0.303 e. The molecule has 20 heavy (non-hydrogen) atoms. The fraction of sp³-hybridized carbons (Fsp3) is 0.944. The zero-order chi connectivity index (χ0) is 15.1. The predicted octanol–water partition coefficient (Wildman–Crippen LogP) is 5.37. The van der Waals surface area contributed by atoms with Gasteiger partial charge in [-0.15, -0.1) is 0 Å². The molecule has 0 aliphatic heterocycles. The first-order valence-electron chi connectivity index (χ1n) is 8.71. The Hall–Kier alpha value is -0.530. The van der Waals surface area contributed by atoms with E-state index in [1.165, 1.54) is 32.1 Å². The van der Waals surface area contributed by atoms with Crippen LogP contribution in [0.1, 0.15) is 79.1 Å². The maximum Gasteiger partial charge on any atom is 0.303 e. The summed E-state index contributed by atoms with van der Waals surface area (Å²) in [6.45, 7) is 9.07. The number of aliphatic carboxylic acids is 1.